The van der Waals surface area contributed by atoms with Crippen molar-refractivity contribution in [1.29, 1.82) is 0 Å². The molecule has 7 heteroatoms. The Morgan fingerprint density at radius 1 is 1.42 bits per heavy atom. The summed E-state index contributed by atoms with van der Waals surface area (Å²) >= 11 is 0. The summed E-state index contributed by atoms with van der Waals surface area (Å²) in [7, 11) is 1.74. The first-order valence-corrected chi connectivity index (χ1v) is 5.95. The zero-order chi connectivity index (χ0) is 13.8. The second-order valence-corrected chi connectivity index (χ2v) is 4.19. The molecular weight excluding hydrogens is 244 g/mol. The molecule has 2 N–H and O–H groups in total. The van der Waals surface area contributed by atoms with Crippen molar-refractivity contribution >= 4 is 11.6 Å². The Bertz CT molecular complexity index is 579. The maximum atomic E-state index is 11.8. The first-order chi connectivity index (χ1) is 9.11. The lowest BCUT2D eigenvalue weighted by Gasteiger charge is -2.11. The van der Waals surface area contributed by atoms with Crippen molar-refractivity contribution in [2.24, 2.45) is 0 Å². The van der Waals surface area contributed by atoms with Gasteiger partial charge < -0.3 is 10.6 Å². The number of carbonyl (C=O) groups is 1. The normalized spacial score (nSPS) is 12.2. The van der Waals surface area contributed by atoms with Gasteiger partial charge in [0.2, 0.25) is 5.91 Å². The minimum atomic E-state index is -0.251. The number of hydrogen-bond acceptors (Lipinski definition) is 5. The molecule has 1 amide bonds. The van der Waals surface area contributed by atoms with E-state index >= 15 is 0 Å². The van der Waals surface area contributed by atoms with Crippen LogP contribution in [-0.2, 0) is 4.79 Å². The average molecular weight is 260 g/mol. The number of tetrazole rings is 1. The number of hydrogen-bond donors (Lipinski definition) is 2. The number of nitrogens with one attached hydrogen (secondary N) is 2. The van der Waals surface area contributed by atoms with Gasteiger partial charge in [-0.1, -0.05) is 6.07 Å². The lowest BCUT2D eigenvalue weighted by molar-refractivity contribution is -0.117. The van der Waals surface area contributed by atoms with Crippen LogP contribution in [0.1, 0.15) is 12.7 Å². The van der Waals surface area contributed by atoms with Gasteiger partial charge in [-0.25, -0.2) is 0 Å². The Balaban J connectivity index is 2.21. The number of aryl methyl sites for hydroxylation is 1. The molecule has 0 aliphatic carbocycles. The Kier molecular flexibility index (Phi) is 3.86. The van der Waals surface area contributed by atoms with Gasteiger partial charge in [-0.05, 0) is 49.5 Å². The highest BCUT2D eigenvalue weighted by atomic mass is 16.2. The highest BCUT2D eigenvalue weighted by Gasteiger charge is 2.11. The molecule has 1 unspecified atom stereocenters. The SMILES string of the molecule is CNC(C)C(=O)Nc1cccc(-n2nnnc2C)c1. The molecule has 0 aliphatic heterocycles. The second kappa shape index (κ2) is 5.57. The van der Waals surface area contributed by atoms with E-state index in [4.69, 9.17) is 0 Å². The molecule has 0 bridgehead atoms. The van der Waals surface area contributed by atoms with Gasteiger partial charge in [0.25, 0.3) is 0 Å². The molecule has 0 radical (unpaired) electrons. The van der Waals surface area contributed by atoms with Crippen LogP contribution in [-0.4, -0.2) is 39.2 Å². The lowest BCUT2D eigenvalue weighted by atomic mass is 10.2. The largest absolute Gasteiger partial charge is 0.325 e. The number of rotatable bonds is 4. The molecule has 0 fully saturated rings. The molecule has 1 aromatic heterocycles. The summed E-state index contributed by atoms with van der Waals surface area (Å²) in [5.74, 6) is 0.597. The number of amides is 1. The monoisotopic (exact) mass is 260 g/mol. The molecule has 19 heavy (non-hydrogen) atoms. The van der Waals surface area contributed by atoms with Gasteiger partial charge in [0, 0.05) is 5.69 Å². The topological polar surface area (TPSA) is 84.7 Å². The van der Waals surface area contributed by atoms with Crippen LogP contribution >= 0.6 is 0 Å². The van der Waals surface area contributed by atoms with Gasteiger partial charge >= 0.3 is 0 Å². The third-order valence-corrected chi connectivity index (χ3v) is 2.81. The van der Waals surface area contributed by atoms with Crippen LogP contribution in [0.4, 0.5) is 5.69 Å². The second-order valence-electron chi connectivity index (χ2n) is 4.19. The number of anilines is 1. The number of nitrogens with zero attached hydrogens (tertiary/aromatic N) is 4. The van der Waals surface area contributed by atoms with E-state index in [-0.39, 0.29) is 11.9 Å². The molecule has 1 aromatic carbocycles. The van der Waals surface area contributed by atoms with Gasteiger partial charge in [0.1, 0.15) is 0 Å². The van der Waals surface area contributed by atoms with Crippen molar-refractivity contribution in [1.82, 2.24) is 25.5 Å². The molecule has 0 aliphatic rings. The Morgan fingerprint density at radius 3 is 2.84 bits per heavy atom. The van der Waals surface area contributed by atoms with Crippen LogP contribution in [0.2, 0.25) is 0 Å². The highest BCUT2D eigenvalue weighted by Crippen LogP contribution is 2.14. The van der Waals surface area contributed by atoms with Crippen LogP contribution in [0.3, 0.4) is 0 Å². The summed E-state index contributed by atoms with van der Waals surface area (Å²) in [6, 6.07) is 7.11. The molecule has 2 aromatic rings. The van der Waals surface area contributed by atoms with Gasteiger partial charge in [0.15, 0.2) is 5.82 Å². The summed E-state index contributed by atoms with van der Waals surface area (Å²) in [5, 5.41) is 17.0. The van der Waals surface area contributed by atoms with Gasteiger partial charge in [-0.2, -0.15) is 4.68 Å². The van der Waals surface area contributed by atoms with Crippen LogP contribution in [0, 0.1) is 6.92 Å². The number of likely N-dealkylation sites (N-methyl/N-ethyl adjacent to an activating group) is 1. The van der Waals surface area contributed by atoms with Gasteiger partial charge in [-0.15, -0.1) is 5.10 Å². The molecule has 0 saturated carbocycles. The van der Waals surface area contributed by atoms with Crippen molar-refractivity contribution in [2.75, 3.05) is 12.4 Å². The van der Waals surface area contributed by atoms with Crippen LogP contribution in [0.25, 0.3) is 5.69 Å². The molecular formula is C12H16N6O. The van der Waals surface area contributed by atoms with E-state index in [0.29, 0.717) is 11.5 Å². The minimum Gasteiger partial charge on any atom is -0.325 e. The molecule has 100 valence electrons. The zero-order valence-electron chi connectivity index (χ0n) is 11.1. The van der Waals surface area contributed by atoms with Crippen LogP contribution < -0.4 is 10.6 Å². The van der Waals surface area contributed by atoms with Crippen LogP contribution in [0.15, 0.2) is 24.3 Å². The van der Waals surface area contributed by atoms with Crippen molar-refractivity contribution in [3.8, 4) is 5.69 Å². The molecule has 0 saturated heterocycles. The van der Waals surface area contributed by atoms with Crippen molar-refractivity contribution < 1.29 is 4.79 Å². The van der Waals surface area contributed by atoms with E-state index in [2.05, 4.69) is 26.2 Å². The fourth-order valence-electron chi connectivity index (χ4n) is 1.57. The highest BCUT2D eigenvalue weighted by molar-refractivity contribution is 5.94. The standard InChI is InChI=1S/C12H16N6O/c1-8(13-3)12(19)14-10-5-4-6-11(7-10)18-9(2)15-16-17-18/h4-8,13H,1-3H3,(H,14,19). The van der Waals surface area contributed by atoms with E-state index in [1.807, 2.05) is 31.2 Å². The third-order valence-electron chi connectivity index (χ3n) is 2.81. The lowest BCUT2D eigenvalue weighted by Crippen LogP contribution is -2.35. The van der Waals surface area contributed by atoms with E-state index < -0.39 is 0 Å². The fourth-order valence-corrected chi connectivity index (χ4v) is 1.57. The maximum Gasteiger partial charge on any atom is 0.241 e. The summed E-state index contributed by atoms with van der Waals surface area (Å²) in [4.78, 5) is 11.8. The number of carbonyl (C=O) groups excluding carboxylic acids is 1. The summed E-state index contributed by atoms with van der Waals surface area (Å²) in [6.45, 7) is 3.61. The zero-order valence-corrected chi connectivity index (χ0v) is 11.1. The summed E-state index contributed by atoms with van der Waals surface area (Å²) in [5.41, 5.74) is 1.51. The Morgan fingerprint density at radius 2 is 2.21 bits per heavy atom. The molecule has 0 spiro atoms. The molecule has 7 nitrogen and oxygen atoms in total. The van der Waals surface area contributed by atoms with E-state index in [1.54, 1.807) is 18.7 Å². The molecule has 1 heterocycles. The fraction of sp³-hybridized carbons (Fsp3) is 0.333. The van der Waals surface area contributed by atoms with Gasteiger partial charge in [-0.3, -0.25) is 4.79 Å². The molecule has 2 rings (SSSR count). The first-order valence-electron chi connectivity index (χ1n) is 5.95. The van der Waals surface area contributed by atoms with Crippen LogP contribution in [0.5, 0.6) is 0 Å². The summed E-state index contributed by atoms with van der Waals surface area (Å²) < 4.78 is 1.61. The minimum absolute atomic E-state index is 0.0897. The summed E-state index contributed by atoms with van der Waals surface area (Å²) in [6.07, 6.45) is 0. The van der Waals surface area contributed by atoms with Crippen molar-refractivity contribution in [2.45, 2.75) is 19.9 Å². The maximum absolute atomic E-state index is 11.8. The van der Waals surface area contributed by atoms with E-state index in [1.165, 1.54) is 0 Å². The quantitative estimate of drug-likeness (QED) is 0.837. The van der Waals surface area contributed by atoms with E-state index in [0.717, 1.165) is 5.69 Å². The predicted molar refractivity (Wildman–Crippen MR) is 71.0 cm³/mol. The third kappa shape index (κ3) is 2.94. The van der Waals surface area contributed by atoms with Crippen molar-refractivity contribution in [3.05, 3.63) is 30.1 Å². The predicted octanol–water partition coefficient (Wildman–Crippen LogP) is 0.517. The Labute approximate surface area is 111 Å². The van der Waals surface area contributed by atoms with Crippen molar-refractivity contribution in [3.63, 3.8) is 0 Å². The number of aromatic nitrogens is 4. The average Bonchev–Trinajstić information content (AvgIpc) is 2.84. The number of benzene rings is 1. The first kappa shape index (κ1) is 13.2. The molecule has 1 atom stereocenters. The smallest absolute Gasteiger partial charge is 0.241 e. The van der Waals surface area contributed by atoms with Gasteiger partial charge in [0.05, 0.1) is 11.7 Å². The van der Waals surface area contributed by atoms with E-state index in [9.17, 15) is 4.79 Å². The Hall–Kier alpha value is -2.28.